The van der Waals surface area contributed by atoms with Crippen molar-refractivity contribution in [1.82, 2.24) is 9.78 Å². The lowest BCUT2D eigenvalue weighted by atomic mass is 9.93. The van der Waals surface area contributed by atoms with Crippen molar-refractivity contribution >= 4 is 17.6 Å². The van der Waals surface area contributed by atoms with Crippen LogP contribution in [0.2, 0.25) is 0 Å². The summed E-state index contributed by atoms with van der Waals surface area (Å²) in [6, 6.07) is 11.9. The van der Waals surface area contributed by atoms with E-state index in [0.29, 0.717) is 12.1 Å². The van der Waals surface area contributed by atoms with Crippen LogP contribution < -0.4 is 0 Å². The van der Waals surface area contributed by atoms with Crippen molar-refractivity contribution in [2.75, 3.05) is 0 Å². The average molecular weight is 308 g/mol. The first-order valence-electron chi connectivity index (χ1n) is 7.76. The van der Waals surface area contributed by atoms with E-state index in [9.17, 15) is 4.79 Å². The predicted octanol–water partition coefficient (Wildman–Crippen LogP) is 3.71. The lowest BCUT2D eigenvalue weighted by Gasteiger charge is -2.22. The number of nitrogens with zero attached hydrogens (tertiary/aromatic N) is 2. The van der Waals surface area contributed by atoms with Gasteiger partial charge in [-0.25, -0.2) is 4.79 Å². The van der Waals surface area contributed by atoms with Gasteiger partial charge in [-0.05, 0) is 49.6 Å². The second-order valence-corrected chi connectivity index (χ2v) is 5.91. The Balaban J connectivity index is 2.09. The van der Waals surface area contributed by atoms with Gasteiger partial charge in [-0.1, -0.05) is 30.3 Å². The number of ether oxygens (including phenoxy) is 1. The fourth-order valence-corrected chi connectivity index (χ4v) is 2.81. The van der Waals surface area contributed by atoms with E-state index in [4.69, 9.17) is 4.74 Å². The summed E-state index contributed by atoms with van der Waals surface area (Å²) in [7, 11) is 0. The number of hydrogen-bond acceptors (Lipinski definition) is 3. The standard InChI is InChI=1S/C19H20N2O2/c1-13(2)23-19(22)18-14(3)17-9-10-20-21(17)12-16(18)11-15-7-5-4-6-8-15/h4-11,13H,12H2,1-3H3/b16-11-. The van der Waals surface area contributed by atoms with Gasteiger partial charge in [0.15, 0.2) is 0 Å². The van der Waals surface area contributed by atoms with Gasteiger partial charge in [0.2, 0.25) is 0 Å². The first kappa shape index (κ1) is 15.3. The number of carbonyl (C=O) groups is 1. The number of rotatable bonds is 3. The number of esters is 1. The third-order valence-electron chi connectivity index (χ3n) is 3.80. The fourth-order valence-electron chi connectivity index (χ4n) is 2.81. The largest absolute Gasteiger partial charge is 0.459 e. The van der Waals surface area contributed by atoms with Crippen molar-refractivity contribution in [1.29, 1.82) is 0 Å². The third-order valence-corrected chi connectivity index (χ3v) is 3.80. The summed E-state index contributed by atoms with van der Waals surface area (Å²) in [6.07, 6.45) is 3.65. The molecule has 0 bridgehead atoms. The summed E-state index contributed by atoms with van der Waals surface area (Å²) in [6.45, 7) is 6.24. The molecule has 0 atom stereocenters. The van der Waals surface area contributed by atoms with Crippen molar-refractivity contribution in [3.63, 3.8) is 0 Å². The van der Waals surface area contributed by atoms with E-state index in [-0.39, 0.29) is 12.1 Å². The van der Waals surface area contributed by atoms with Crippen LogP contribution in [0.1, 0.15) is 32.0 Å². The van der Waals surface area contributed by atoms with Crippen LogP contribution in [0.25, 0.3) is 11.6 Å². The maximum absolute atomic E-state index is 12.6. The molecule has 4 nitrogen and oxygen atoms in total. The third kappa shape index (κ3) is 3.11. The molecule has 4 heteroatoms. The van der Waals surface area contributed by atoms with E-state index in [1.165, 1.54) is 0 Å². The number of fused-ring (bicyclic) bond motifs is 1. The quantitative estimate of drug-likeness (QED) is 0.812. The predicted molar refractivity (Wildman–Crippen MR) is 90.5 cm³/mol. The maximum Gasteiger partial charge on any atom is 0.339 e. The Bertz CT molecular complexity index is 783. The molecule has 2 aromatic rings. The van der Waals surface area contributed by atoms with E-state index in [1.807, 2.05) is 67.9 Å². The SMILES string of the molecule is CC1=C(C(=O)OC(C)C)/C(=C\c2ccccc2)Cn2nccc21. The van der Waals surface area contributed by atoms with Gasteiger partial charge >= 0.3 is 5.97 Å². The van der Waals surface area contributed by atoms with Crippen molar-refractivity contribution in [3.8, 4) is 0 Å². The highest BCUT2D eigenvalue weighted by Crippen LogP contribution is 2.32. The lowest BCUT2D eigenvalue weighted by Crippen LogP contribution is -2.22. The Kier molecular flexibility index (Phi) is 4.15. The minimum atomic E-state index is -0.271. The summed E-state index contributed by atoms with van der Waals surface area (Å²) < 4.78 is 7.37. The number of aromatic nitrogens is 2. The molecule has 0 N–H and O–H groups in total. The fraction of sp³-hybridized carbons (Fsp3) is 0.263. The molecule has 0 amide bonds. The van der Waals surface area contributed by atoms with Gasteiger partial charge in [0, 0.05) is 6.20 Å². The summed E-state index contributed by atoms with van der Waals surface area (Å²) in [5.74, 6) is -0.271. The van der Waals surface area contributed by atoms with Gasteiger partial charge in [0.05, 0.1) is 23.9 Å². The summed E-state index contributed by atoms with van der Waals surface area (Å²) in [5.41, 5.74) is 4.50. The van der Waals surface area contributed by atoms with Gasteiger partial charge in [-0.15, -0.1) is 0 Å². The molecule has 0 radical (unpaired) electrons. The molecule has 1 aliphatic heterocycles. The second kappa shape index (κ2) is 6.24. The Morgan fingerprint density at radius 2 is 2.00 bits per heavy atom. The Hall–Kier alpha value is -2.62. The average Bonchev–Trinajstić information content (AvgIpc) is 2.96. The van der Waals surface area contributed by atoms with E-state index in [2.05, 4.69) is 5.10 Å². The van der Waals surface area contributed by atoms with Crippen molar-refractivity contribution in [3.05, 3.63) is 65.0 Å². The summed E-state index contributed by atoms with van der Waals surface area (Å²) in [4.78, 5) is 12.6. The first-order chi connectivity index (χ1) is 11.1. The molecule has 3 rings (SSSR count). The molecule has 0 spiro atoms. The molecule has 1 aromatic carbocycles. The van der Waals surface area contributed by atoms with Crippen LogP contribution in [0, 0.1) is 0 Å². The second-order valence-electron chi connectivity index (χ2n) is 5.91. The van der Waals surface area contributed by atoms with Gasteiger partial charge in [0.1, 0.15) is 0 Å². The molecule has 23 heavy (non-hydrogen) atoms. The van der Waals surface area contributed by atoms with Gasteiger partial charge < -0.3 is 4.74 Å². The summed E-state index contributed by atoms with van der Waals surface area (Å²) >= 11 is 0. The smallest absolute Gasteiger partial charge is 0.339 e. The Morgan fingerprint density at radius 3 is 2.70 bits per heavy atom. The Morgan fingerprint density at radius 1 is 1.26 bits per heavy atom. The molecule has 1 aliphatic rings. The van der Waals surface area contributed by atoms with Crippen LogP contribution in [0.4, 0.5) is 0 Å². The molecule has 0 aliphatic carbocycles. The van der Waals surface area contributed by atoms with E-state index in [1.54, 1.807) is 6.20 Å². The van der Waals surface area contributed by atoms with Crippen LogP contribution in [0.3, 0.4) is 0 Å². The highest BCUT2D eigenvalue weighted by molar-refractivity contribution is 6.03. The topological polar surface area (TPSA) is 44.1 Å². The number of benzene rings is 1. The monoisotopic (exact) mass is 308 g/mol. The molecule has 1 aromatic heterocycles. The van der Waals surface area contributed by atoms with Crippen LogP contribution >= 0.6 is 0 Å². The molecule has 118 valence electrons. The number of carbonyl (C=O) groups excluding carboxylic acids is 1. The zero-order chi connectivity index (χ0) is 16.4. The van der Waals surface area contributed by atoms with E-state index < -0.39 is 0 Å². The normalized spacial score (nSPS) is 15.9. The van der Waals surface area contributed by atoms with Crippen LogP contribution in [-0.2, 0) is 16.1 Å². The van der Waals surface area contributed by atoms with E-state index >= 15 is 0 Å². The van der Waals surface area contributed by atoms with Crippen molar-refractivity contribution < 1.29 is 9.53 Å². The first-order valence-corrected chi connectivity index (χ1v) is 7.76. The molecular weight excluding hydrogens is 288 g/mol. The molecule has 0 fully saturated rings. The van der Waals surface area contributed by atoms with Crippen LogP contribution in [0.15, 0.2) is 53.7 Å². The molecule has 0 unspecified atom stereocenters. The Labute approximate surface area is 136 Å². The number of allylic oxidation sites excluding steroid dienone is 1. The highest BCUT2D eigenvalue weighted by Gasteiger charge is 2.27. The van der Waals surface area contributed by atoms with Gasteiger partial charge in [-0.3, -0.25) is 4.68 Å². The minimum absolute atomic E-state index is 0.146. The molecular formula is C19H20N2O2. The highest BCUT2D eigenvalue weighted by atomic mass is 16.5. The summed E-state index contributed by atoms with van der Waals surface area (Å²) in [5, 5.41) is 4.34. The zero-order valence-corrected chi connectivity index (χ0v) is 13.6. The maximum atomic E-state index is 12.6. The van der Waals surface area contributed by atoms with Crippen molar-refractivity contribution in [2.24, 2.45) is 0 Å². The van der Waals surface area contributed by atoms with Gasteiger partial charge in [0.25, 0.3) is 0 Å². The zero-order valence-electron chi connectivity index (χ0n) is 13.6. The van der Waals surface area contributed by atoms with Crippen molar-refractivity contribution in [2.45, 2.75) is 33.4 Å². The molecule has 0 saturated carbocycles. The molecule has 0 saturated heterocycles. The van der Waals surface area contributed by atoms with E-state index in [0.717, 1.165) is 22.4 Å². The molecule has 2 heterocycles. The minimum Gasteiger partial charge on any atom is -0.459 e. The lowest BCUT2D eigenvalue weighted by molar-refractivity contribution is -0.142. The van der Waals surface area contributed by atoms with Crippen LogP contribution in [-0.4, -0.2) is 21.9 Å². The number of hydrogen-bond donors (Lipinski definition) is 0. The van der Waals surface area contributed by atoms with Gasteiger partial charge in [-0.2, -0.15) is 5.10 Å². The van der Waals surface area contributed by atoms with Crippen LogP contribution in [0.5, 0.6) is 0 Å².